The highest BCUT2D eigenvalue weighted by Gasteiger charge is 2.12. The van der Waals surface area contributed by atoms with Gasteiger partial charge in [0.05, 0.1) is 17.3 Å². The summed E-state index contributed by atoms with van der Waals surface area (Å²) in [6, 6.07) is 2.17. The van der Waals surface area contributed by atoms with Gasteiger partial charge in [-0.3, -0.25) is 4.68 Å². The summed E-state index contributed by atoms with van der Waals surface area (Å²) < 4.78 is 1.92. The molecule has 2 heterocycles. The predicted octanol–water partition coefficient (Wildman–Crippen LogP) is 3.00. The first-order chi connectivity index (χ1) is 7.20. The number of nitrogens with zero attached hydrogens (tertiary/aromatic N) is 3. The van der Waals surface area contributed by atoms with Gasteiger partial charge in [-0.25, -0.2) is 4.98 Å². The Morgan fingerprint density at radius 2 is 2.40 bits per heavy atom. The molecular weight excluding hydrogens is 230 g/mol. The molecule has 3 nitrogen and oxygen atoms in total. The zero-order chi connectivity index (χ0) is 10.8. The highest BCUT2D eigenvalue weighted by Crippen LogP contribution is 2.22. The van der Waals surface area contributed by atoms with Crippen molar-refractivity contribution in [2.45, 2.75) is 25.8 Å². The first kappa shape index (κ1) is 10.6. The van der Waals surface area contributed by atoms with Crippen LogP contribution in [0.1, 0.15) is 29.4 Å². The third-order valence-corrected chi connectivity index (χ3v) is 3.54. The van der Waals surface area contributed by atoms with Crippen LogP contribution >= 0.6 is 22.9 Å². The molecule has 0 N–H and O–H groups in total. The van der Waals surface area contributed by atoms with Gasteiger partial charge in [0.1, 0.15) is 11.0 Å². The zero-order valence-electron chi connectivity index (χ0n) is 8.64. The van der Waals surface area contributed by atoms with E-state index in [2.05, 4.69) is 17.0 Å². The molecule has 2 aromatic heterocycles. The van der Waals surface area contributed by atoms with E-state index in [0.29, 0.717) is 5.88 Å². The lowest BCUT2D eigenvalue weighted by Crippen LogP contribution is -2.07. The average Bonchev–Trinajstić information content (AvgIpc) is 2.84. The summed E-state index contributed by atoms with van der Waals surface area (Å²) in [7, 11) is 0. The third kappa shape index (κ3) is 2.21. The minimum atomic E-state index is 0.181. The lowest BCUT2D eigenvalue weighted by molar-refractivity contribution is 0.557. The predicted molar refractivity (Wildman–Crippen MR) is 62.4 cm³/mol. The molecule has 5 heteroatoms. The number of rotatable bonds is 3. The Morgan fingerprint density at radius 3 is 2.93 bits per heavy atom. The normalized spacial score (nSPS) is 13.0. The lowest BCUT2D eigenvalue weighted by Gasteiger charge is -2.08. The number of alkyl halides is 1. The Kier molecular flexibility index (Phi) is 3.07. The minimum absolute atomic E-state index is 0.181. The largest absolute Gasteiger partial charge is 0.263 e. The molecule has 15 heavy (non-hydrogen) atoms. The van der Waals surface area contributed by atoms with Crippen molar-refractivity contribution in [1.82, 2.24) is 14.8 Å². The van der Waals surface area contributed by atoms with Crippen LogP contribution in [-0.2, 0) is 5.88 Å². The molecule has 2 aromatic rings. The van der Waals surface area contributed by atoms with Gasteiger partial charge in [-0.1, -0.05) is 0 Å². The van der Waals surface area contributed by atoms with Gasteiger partial charge in [0.2, 0.25) is 0 Å². The summed E-state index contributed by atoms with van der Waals surface area (Å²) in [5.41, 5.74) is 1.96. The fraction of sp³-hybridized carbons (Fsp3) is 0.400. The monoisotopic (exact) mass is 241 g/mol. The molecule has 0 saturated heterocycles. The number of aromatic nitrogens is 3. The van der Waals surface area contributed by atoms with Gasteiger partial charge >= 0.3 is 0 Å². The molecule has 0 saturated carbocycles. The molecule has 1 unspecified atom stereocenters. The number of halogens is 1. The van der Waals surface area contributed by atoms with E-state index in [1.165, 1.54) is 0 Å². The van der Waals surface area contributed by atoms with Crippen molar-refractivity contribution in [3.63, 3.8) is 0 Å². The summed E-state index contributed by atoms with van der Waals surface area (Å²) in [6.45, 7) is 4.07. The molecule has 0 bridgehead atoms. The van der Waals surface area contributed by atoms with Gasteiger partial charge in [0.15, 0.2) is 0 Å². The number of hydrogen-bond acceptors (Lipinski definition) is 3. The molecule has 0 aliphatic heterocycles. The fourth-order valence-electron chi connectivity index (χ4n) is 1.34. The van der Waals surface area contributed by atoms with Crippen LogP contribution in [0.4, 0.5) is 0 Å². The zero-order valence-corrected chi connectivity index (χ0v) is 10.2. The van der Waals surface area contributed by atoms with Gasteiger partial charge in [-0.2, -0.15) is 5.10 Å². The van der Waals surface area contributed by atoms with E-state index in [-0.39, 0.29) is 6.04 Å². The maximum atomic E-state index is 5.72. The quantitative estimate of drug-likeness (QED) is 0.774. The van der Waals surface area contributed by atoms with Crippen molar-refractivity contribution in [3.8, 4) is 0 Å². The third-order valence-electron chi connectivity index (χ3n) is 2.20. The van der Waals surface area contributed by atoms with E-state index in [1.54, 1.807) is 11.3 Å². The summed E-state index contributed by atoms with van der Waals surface area (Å²) in [5.74, 6) is 0.474. The molecule has 80 valence electrons. The molecule has 0 spiro atoms. The van der Waals surface area contributed by atoms with E-state index in [1.807, 2.05) is 29.2 Å². The topological polar surface area (TPSA) is 30.7 Å². The number of aryl methyl sites for hydroxylation is 1. The van der Waals surface area contributed by atoms with Crippen LogP contribution in [0.2, 0.25) is 0 Å². The number of hydrogen-bond donors (Lipinski definition) is 0. The Labute approximate surface area is 97.7 Å². The molecular formula is C10H12ClN3S. The molecule has 0 amide bonds. The van der Waals surface area contributed by atoms with Crippen LogP contribution in [0, 0.1) is 6.92 Å². The van der Waals surface area contributed by atoms with Gasteiger partial charge < -0.3 is 0 Å². The molecule has 0 aliphatic carbocycles. The van der Waals surface area contributed by atoms with Gasteiger partial charge in [-0.15, -0.1) is 22.9 Å². The molecule has 2 rings (SSSR count). The summed E-state index contributed by atoms with van der Waals surface area (Å²) in [4.78, 5) is 4.44. The van der Waals surface area contributed by atoms with Crippen molar-refractivity contribution < 1.29 is 0 Å². The van der Waals surface area contributed by atoms with E-state index in [9.17, 15) is 0 Å². The van der Waals surface area contributed by atoms with Crippen LogP contribution in [0.25, 0.3) is 0 Å². The molecule has 0 fully saturated rings. The van der Waals surface area contributed by atoms with Crippen molar-refractivity contribution in [2.24, 2.45) is 0 Å². The van der Waals surface area contributed by atoms with Crippen LogP contribution in [-0.4, -0.2) is 14.8 Å². The SMILES string of the molecule is Cc1ccn(C(C)c2nc(CCl)cs2)n1. The molecule has 0 aliphatic rings. The summed E-state index contributed by atoms with van der Waals surface area (Å²) in [6.07, 6.45) is 1.97. The van der Waals surface area contributed by atoms with Crippen molar-refractivity contribution in [1.29, 1.82) is 0 Å². The van der Waals surface area contributed by atoms with E-state index in [4.69, 9.17) is 11.6 Å². The second-order valence-corrected chi connectivity index (χ2v) is 4.58. The van der Waals surface area contributed by atoms with E-state index >= 15 is 0 Å². The first-order valence-electron chi connectivity index (χ1n) is 4.72. The Hall–Kier alpha value is -0.870. The maximum absolute atomic E-state index is 5.72. The highest BCUT2D eigenvalue weighted by molar-refractivity contribution is 7.09. The van der Waals surface area contributed by atoms with Crippen molar-refractivity contribution in [2.75, 3.05) is 0 Å². The van der Waals surface area contributed by atoms with Gasteiger partial charge in [0.25, 0.3) is 0 Å². The van der Waals surface area contributed by atoms with Gasteiger partial charge in [-0.05, 0) is 19.9 Å². The van der Waals surface area contributed by atoms with Crippen LogP contribution in [0.5, 0.6) is 0 Å². The second-order valence-electron chi connectivity index (χ2n) is 3.42. The lowest BCUT2D eigenvalue weighted by atomic mass is 10.3. The second kappa shape index (κ2) is 4.33. The number of thiazole rings is 1. The summed E-state index contributed by atoms with van der Waals surface area (Å²) >= 11 is 7.35. The standard InChI is InChI=1S/C10H12ClN3S/c1-7-3-4-14(13-7)8(2)10-12-9(5-11)6-15-10/h3-4,6,8H,5H2,1-2H3. The van der Waals surface area contributed by atoms with Crippen LogP contribution in [0.3, 0.4) is 0 Å². The first-order valence-corrected chi connectivity index (χ1v) is 6.14. The fourth-order valence-corrected chi connectivity index (χ4v) is 2.43. The summed E-state index contributed by atoms with van der Waals surface area (Å²) in [5, 5.41) is 7.42. The molecule has 1 atom stereocenters. The molecule has 0 aromatic carbocycles. The molecule has 0 radical (unpaired) electrons. The Balaban J connectivity index is 2.23. The highest BCUT2D eigenvalue weighted by atomic mass is 35.5. The Morgan fingerprint density at radius 1 is 1.60 bits per heavy atom. The van der Waals surface area contributed by atoms with Gasteiger partial charge in [0, 0.05) is 11.6 Å². The Bertz CT molecular complexity index is 449. The smallest absolute Gasteiger partial charge is 0.117 e. The van der Waals surface area contributed by atoms with Crippen molar-refractivity contribution >= 4 is 22.9 Å². The maximum Gasteiger partial charge on any atom is 0.117 e. The van der Waals surface area contributed by atoms with E-state index < -0.39 is 0 Å². The van der Waals surface area contributed by atoms with Crippen LogP contribution < -0.4 is 0 Å². The van der Waals surface area contributed by atoms with E-state index in [0.717, 1.165) is 16.4 Å². The average molecular weight is 242 g/mol. The van der Waals surface area contributed by atoms with Crippen molar-refractivity contribution in [3.05, 3.63) is 34.0 Å². The van der Waals surface area contributed by atoms with Crippen LogP contribution in [0.15, 0.2) is 17.6 Å². The minimum Gasteiger partial charge on any atom is -0.263 e.